The summed E-state index contributed by atoms with van der Waals surface area (Å²) in [5, 5.41) is 25.1. The quantitative estimate of drug-likeness (QED) is 0.165. The Bertz CT molecular complexity index is 1190. The molecule has 0 spiro atoms. The minimum absolute atomic E-state index is 0.251. The van der Waals surface area contributed by atoms with Crippen molar-refractivity contribution in [2.75, 3.05) is 0 Å². The maximum Gasteiger partial charge on any atom is 0.123 e. The summed E-state index contributed by atoms with van der Waals surface area (Å²) in [7, 11) is 0. The van der Waals surface area contributed by atoms with Gasteiger partial charge in [-0.2, -0.15) is 0 Å². The minimum atomic E-state index is -0.370. The maximum atomic E-state index is 12.6. The van der Waals surface area contributed by atoms with Crippen LogP contribution in [0, 0.1) is 0 Å². The molecule has 0 bridgehead atoms. The predicted molar refractivity (Wildman–Crippen MR) is 218 cm³/mol. The van der Waals surface area contributed by atoms with Gasteiger partial charge in [0.25, 0.3) is 0 Å². The highest BCUT2D eigenvalue weighted by Crippen LogP contribution is 2.57. The van der Waals surface area contributed by atoms with Gasteiger partial charge in [0.05, 0.1) is 0 Å². The lowest BCUT2D eigenvalue weighted by Crippen LogP contribution is -2.32. The van der Waals surface area contributed by atoms with Crippen LogP contribution in [0.3, 0.4) is 0 Å². The van der Waals surface area contributed by atoms with E-state index >= 15 is 0 Å². The summed E-state index contributed by atoms with van der Waals surface area (Å²) in [4.78, 5) is 0. The van der Waals surface area contributed by atoms with Gasteiger partial charge in [-0.25, -0.2) is 0 Å². The molecular weight excluding hydrogens is 597 g/mol. The highest BCUT2D eigenvalue weighted by Gasteiger charge is 2.43. The van der Waals surface area contributed by atoms with Crippen molar-refractivity contribution in [3.8, 4) is 11.5 Å². The van der Waals surface area contributed by atoms with E-state index in [2.05, 4.69) is 125 Å². The third kappa shape index (κ3) is 7.94. The van der Waals surface area contributed by atoms with Crippen LogP contribution in [0.4, 0.5) is 0 Å². The first-order valence-corrected chi connectivity index (χ1v) is 20.8. The van der Waals surface area contributed by atoms with Crippen molar-refractivity contribution in [2.24, 2.45) is 0 Å². The van der Waals surface area contributed by atoms with Crippen molar-refractivity contribution in [3.05, 3.63) is 55.6 Å². The Balaban J connectivity index is 3.72. The maximum absolute atomic E-state index is 12.6. The third-order valence-electron chi connectivity index (χ3n) is 13.3. The van der Waals surface area contributed by atoms with Crippen molar-refractivity contribution >= 4 is 0 Å². The molecule has 49 heavy (non-hydrogen) atoms. The molecule has 8 atom stereocenters. The first-order valence-electron chi connectivity index (χ1n) is 20.8. The summed E-state index contributed by atoms with van der Waals surface area (Å²) in [6.45, 7) is 42.4. The van der Waals surface area contributed by atoms with Crippen LogP contribution in [0.15, 0.2) is 0 Å². The second-order valence-corrected chi connectivity index (χ2v) is 16.9. The van der Waals surface area contributed by atoms with Crippen molar-refractivity contribution in [1.29, 1.82) is 0 Å². The molecule has 0 aliphatic heterocycles. The van der Waals surface area contributed by atoms with Crippen molar-refractivity contribution < 1.29 is 10.2 Å². The predicted octanol–water partition coefficient (Wildman–Crippen LogP) is 15.5. The summed E-state index contributed by atoms with van der Waals surface area (Å²) < 4.78 is 0. The summed E-state index contributed by atoms with van der Waals surface area (Å²) in [5.41, 5.74) is 13.0. The average Bonchev–Trinajstić information content (AvgIpc) is 3.10. The van der Waals surface area contributed by atoms with E-state index in [1.54, 1.807) is 0 Å². The fourth-order valence-corrected chi connectivity index (χ4v) is 8.78. The smallest absolute Gasteiger partial charge is 0.123 e. The molecule has 0 saturated heterocycles. The molecule has 2 rings (SSSR count). The molecule has 280 valence electrons. The van der Waals surface area contributed by atoms with Gasteiger partial charge in [0.1, 0.15) is 11.5 Å². The highest BCUT2D eigenvalue weighted by molar-refractivity contribution is 5.68. The van der Waals surface area contributed by atoms with E-state index in [-0.39, 0.29) is 29.1 Å². The van der Waals surface area contributed by atoms with E-state index < -0.39 is 0 Å². The Kier molecular flexibility index (Phi) is 15.9. The fraction of sp³-hybridized carbons (Fsp3) is 0.745. The number of rotatable bonds is 18. The number of phenolic OH excluding ortho intramolecular Hbond substituents is 2. The van der Waals surface area contributed by atoms with E-state index in [4.69, 9.17) is 0 Å². The molecule has 2 N–H and O–H groups in total. The standard InChI is InChI=1S/C47H80O2/c1-19-27(9)35-39(31(13)23-5)45(48)40(32(14)24-6)36(28(10)20-2)43(35)47(17,18)44-37(29(11)21-3)41(33(15)25-7)46(49)42(34(16)26-8)38(44)30(12)22-4/h27-34,48-49H,19-26H2,1-18H3. The van der Waals surface area contributed by atoms with Gasteiger partial charge in [0, 0.05) is 27.7 Å². The number of hydrogen-bond acceptors (Lipinski definition) is 2. The zero-order valence-corrected chi connectivity index (χ0v) is 35.7. The summed E-state index contributed by atoms with van der Waals surface area (Å²) >= 11 is 0. The average molecular weight is 677 g/mol. The molecule has 8 unspecified atom stereocenters. The van der Waals surface area contributed by atoms with Gasteiger partial charge in [-0.05, 0) is 132 Å². The van der Waals surface area contributed by atoms with Gasteiger partial charge in [0.2, 0.25) is 0 Å². The Morgan fingerprint density at radius 2 is 0.469 bits per heavy atom. The number of aromatic hydroxyl groups is 2. The lowest BCUT2D eigenvalue weighted by Gasteiger charge is -2.44. The second-order valence-electron chi connectivity index (χ2n) is 16.9. The Hall–Kier alpha value is -1.96. The van der Waals surface area contributed by atoms with E-state index in [0.29, 0.717) is 35.2 Å². The lowest BCUT2D eigenvalue weighted by atomic mass is 9.60. The van der Waals surface area contributed by atoms with Crippen LogP contribution >= 0.6 is 0 Å². The fourth-order valence-electron chi connectivity index (χ4n) is 8.78. The van der Waals surface area contributed by atoms with Gasteiger partial charge >= 0.3 is 0 Å². The van der Waals surface area contributed by atoms with Crippen molar-refractivity contribution in [2.45, 2.75) is 229 Å². The van der Waals surface area contributed by atoms with Gasteiger partial charge < -0.3 is 10.2 Å². The zero-order chi connectivity index (χ0) is 37.7. The SMILES string of the molecule is CCC(C)c1c(O)c(C(C)CC)c(C(C)CC)c(C(C)(C)c2c(C(C)CC)c(C(C)CC)c(O)c(C(C)CC)c2C(C)CC)c1C(C)CC. The van der Waals surface area contributed by atoms with E-state index in [1.165, 1.54) is 55.6 Å². The molecule has 0 saturated carbocycles. The van der Waals surface area contributed by atoms with Gasteiger partial charge in [0.15, 0.2) is 0 Å². The minimum Gasteiger partial charge on any atom is -0.507 e. The molecule has 2 aromatic carbocycles. The monoisotopic (exact) mass is 677 g/mol. The molecule has 0 radical (unpaired) electrons. The molecule has 2 heteroatoms. The number of hydrogen-bond donors (Lipinski definition) is 2. The van der Waals surface area contributed by atoms with Gasteiger partial charge in [-0.1, -0.05) is 125 Å². The first-order chi connectivity index (χ1) is 22.9. The van der Waals surface area contributed by atoms with Crippen LogP contribution in [-0.2, 0) is 5.41 Å². The molecule has 0 aliphatic carbocycles. The number of benzene rings is 2. The van der Waals surface area contributed by atoms with Crippen LogP contribution in [0.25, 0.3) is 0 Å². The van der Waals surface area contributed by atoms with Crippen LogP contribution in [0.2, 0.25) is 0 Å². The largest absolute Gasteiger partial charge is 0.507 e. The van der Waals surface area contributed by atoms with Gasteiger partial charge in [-0.3, -0.25) is 0 Å². The summed E-state index contributed by atoms with van der Waals surface area (Å²) in [6.07, 6.45) is 8.06. The van der Waals surface area contributed by atoms with E-state index in [0.717, 1.165) is 51.4 Å². The molecular formula is C47H80O2. The molecule has 0 heterocycles. The molecule has 2 aromatic rings. The van der Waals surface area contributed by atoms with Crippen LogP contribution in [0.5, 0.6) is 11.5 Å². The molecule has 0 aromatic heterocycles. The van der Waals surface area contributed by atoms with Crippen LogP contribution in [0.1, 0.15) is 279 Å². The van der Waals surface area contributed by atoms with E-state index in [1.807, 2.05) is 0 Å². The van der Waals surface area contributed by atoms with Crippen molar-refractivity contribution in [1.82, 2.24) is 0 Å². The van der Waals surface area contributed by atoms with Crippen LogP contribution < -0.4 is 0 Å². The lowest BCUT2D eigenvalue weighted by molar-refractivity contribution is 0.433. The zero-order valence-electron chi connectivity index (χ0n) is 35.7. The molecule has 0 amide bonds. The summed E-state index contributed by atoms with van der Waals surface area (Å²) in [5.74, 6) is 3.36. The molecule has 0 aliphatic rings. The molecule has 2 nitrogen and oxygen atoms in total. The summed E-state index contributed by atoms with van der Waals surface area (Å²) in [6, 6.07) is 0. The second kappa shape index (κ2) is 18.0. The van der Waals surface area contributed by atoms with E-state index in [9.17, 15) is 10.2 Å². The van der Waals surface area contributed by atoms with Crippen LogP contribution in [-0.4, -0.2) is 10.2 Å². The Morgan fingerprint density at radius 3 is 0.612 bits per heavy atom. The highest BCUT2D eigenvalue weighted by atomic mass is 16.3. The van der Waals surface area contributed by atoms with Crippen molar-refractivity contribution in [3.63, 3.8) is 0 Å². The molecule has 0 fully saturated rings. The first kappa shape index (κ1) is 43.2. The Morgan fingerprint density at radius 1 is 0.327 bits per heavy atom. The normalized spacial score (nSPS) is 17.3. The van der Waals surface area contributed by atoms with Gasteiger partial charge in [-0.15, -0.1) is 0 Å². The number of phenols is 2. The Labute approximate surface area is 305 Å². The topological polar surface area (TPSA) is 40.5 Å². The third-order valence-corrected chi connectivity index (χ3v) is 13.3.